The number of thiophene rings is 1. The molecule has 1 aromatic heterocycles. The molecule has 0 aliphatic heterocycles. The molecule has 0 atom stereocenters. The van der Waals surface area contributed by atoms with E-state index in [2.05, 4.69) is 0 Å². The largest absolute Gasteiger partial charge is 0.462 e. The van der Waals surface area contributed by atoms with Gasteiger partial charge in [0.1, 0.15) is 14.2 Å². The summed E-state index contributed by atoms with van der Waals surface area (Å²) in [7, 11) is 0. The molecule has 0 aliphatic carbocycles. The molecule has 0 N–H and O–H groups in total. The van der Waals surface area contributed by atoms with Crippen LogP contribution >= 0.6 is 46.3 Å². The Labute approximate surface area is 101 Å². The van der Waals surface area contributed by atoms with Crippen LogP contribution < -0.4 is 0 Å². The zero-order chi connectivity index (χ0) is 10.7. The maximum Gasteiger partial charge on any atom is 0.341 e. The molecule has 1 rings (SSSR count). The van der Waals surface area contributed by atoms with Crippen molar-refractivity contribution in [2.24, 2.45) is 0 Å². The predicted octanol–water partition coefficient (Wildman–Crippen LogP) is 3.95. The molecule has 0 radical (unpaired) electrons. The van der Waals surface area contributed by atoms with Gasteiger partial charge in [-0.2, -0.15) is 0 Å². The van der Waals surface area contributed by atoms with Crippen LogP contribution in [-0.2, 0) is 4.74 Å². The van der Waals surface area contributed by atoms with Gasteiger partial charge in [0.05, 0.1) is 11.5 Å². The Balaban J connectivity index is 3.11. The maximum atomic E-state index is 11.5. The summed E-state index contributed by atoms with van der Waals surface area (Å²) >= 11 is 14.4. The monoisotopic (exact) mass is 270 g/mol. The van der Waals surface area contributed by atoms with Crippen molar-refractivity contribution in [3.63, 3.8) is 0 Å². The van der Waals surface area contributed by atoms with Crippen LogP contribution in [0.5, 0.6) is 0 Å². The normalized spacial score (nSPS) is 10.3. The van der Waals surface area contributed by atoms with E-state index in [0.717, 1.165) is 0 Å². The van der Waals surface area contributed by atoms with E-state index in [1.54, 1.807) is 6.92 Å². The molecule has 14 heavy (non-hydrogen) atoms. The van der Waals surface area contributed by atoms with Crippen LogP contribution in [0.1, 0.15) is 17.3 Å². The minimum atomic E-state index is -0.412. The number of hydrogen-bond acceptors (Lipinski definition) is 4. The lowest BCUT2D eigenvalue weighted by atomic mass is 10.3. The molecule has 0 saturated carbocycles. The van der Waals surface area contributed by atoms with E-state index in [-0.39, 0.29) is 0 Å². The van der Waals surface area contributed by atoms with Gasteiger partial charge in [0.2, 0.25) is 0 Å². The highest BCUT2D eigenvalue weighted by molar-refractivity contribution is 7.99. The van der Waals surface area contributed by atoms with Gasteiger partial charge in [0, 0.05) is 0 Å². The summed E-state index contributed by atoms with van der Waals surface area (Å²) in [5, 5.41) is 0. The van der Waals surface area contributed by atoms with Crippen LogP contribution in [0.25, 0.3) is 0 Å². The summed E-state index contributed by atoms with van der Waals surface area (Å²) in [4.78, 5) is 12.2. The number of carbonyl (C=O) groups excluding carboxylic acids is 1. The fourth-order valence-electron chi connectivity index (χ4n) is 0.922. The fourth-order valence-corrected chi connectivity index (χ4v) is 3.69. The van der Waals surface area contributed by atoms with E-state index in [1.807, 2.05) is 6.26 Å². The molecular formula is C8H8Cl2O2S2. The van der Waals surface area contributed by atoms with Crippen LogP contribution in [-0.4, -0.2) is 18.8 Å². The van der Waals surface area contributed by atoms with Crippen molar-refractivity contribution >= 4 is 52.3 Å². The summed E-state index contributed by atoms with van der Waals surface area (Å²) in [5.74, 6) is -0.412. The first-order chi connectivity index (χ1) is 6.61. The van der Waals surface area contributed by atoms with Crippen LogP contribution in [0.4, 0.5) is 0 Å². The first-order valence-electron chi connectivity index (χ1n) is 3.80. The van der Waals surface area contributed by atoms with E-state index >= 15 is 0 Å². The third-order valence-electron chi connectivity index (χ3n) is 1.47. The van der Waals surface area contributed by atoms with Gasteiger partial charge in [-0.15, -0.1) is 23.1 Å². The molecule has 0 spiro atoms. The third kappa shape index (κ3) is 2.37. The average Bonchev–Trinajstić information content (AvgIpc) is 2.40. The van der Waals surface area contributed by atoms with Crippen LogP contribution in [0.15, 0.2) is 4.90 Å². The van der Waals surface area contributed by atoms with E-state index < -0.39 is 5.97 Å². The summed E-state index contributed by atoms with van der Waals surface area (Å²) in [6.45, 7) is 2.08. The Morgan fingerprint density at radius 3 is 2.64 bits per heavy atom. The number of rotatable bonds is 3. The van der Waals surface area contributed by atoms with Crippen molar-refractivity contribution in [3.05, 3.63) is 14.2 Å². The van der Waals surface area contributed by atoms with Crippen LogP contribution in [0.3, 0.4) is 0 Å². The molecule has 0 bridgehead atoms. The first-order valence-corrected chi connectivity index (χ1v) is 6.60. The summed E-state index contributed by atoms with van der Waals surface area (Å²) in [6.07, 6.45) is 1.84. The minimum Gasteiger partial charge on any atom is -0.462 e. The van der Waals surface area contributed by atoms with Crippen molar-refractivity contribution in [2.75, 3.05) is 12.9 Å². The lowest BCUT2D eigenvalue weighted by molar-refractivity contribution is 0.0523. The summed E-state index contributed by atoms with van der Waals surface area (Å²) < 4.78 is 5.80. The van der Waals surface area contributed by atoms with Gasteiger partial charge in [0.15, 0.2) is 0 Å². The molecule has 1 aromatic rings. The molecular weight excluding hydrogens is 263 g/mol. The molecule has 1 heterocycles. The van der Waals surface area contributed by atoms with E-state index in [1.165, 1.54) is 23.1 Å². The van der Waals surface area contributed by atoms with Gasteiger partial charge < -0.3 is 4.74 Å². The first kappa shape index (κ1) is 12.2. The number of ether oxygens (including phenoxy) is 1. The minimum absolute atomic E-state index is 0.330. The van der Waals surface area contributed by atoms with E-state index in [0.29, 0.717) is 25.7 Å². The quantitative estimate of drug-likeness (QED) is 0.615. The van der Waals surface area contributed by atoms with Crippen molar-refractivity contribution in [3.8, 4) is 0 Å². The van der Waals surface area contributed by atoms with Crippen molar-refractivity contribution < 1.29 is 9.53 Å². The Morgan fingerprint density at radius 2 is 2.14 bits per heavy atom. The Morgan fingerprint density at radius 1 is 1.50 bits per heavy atom. The molecule has 2 nitrogen and oxygen atoms in total. The summed E-state index contributed by atoms with van der Waals surface area (Å²) in [6, 6.07) is 0. The molecule has 78 valence electrons. The van der Waals surface area contributed by atoms with Crippen molar-refractivity contribution in [2.45, 2.75) is 11.8 Å². The Bertz CT molecular complexity index is 349. The van der Waals surface area contributed by atoms with Gasteiger partial charge >= 0.3 is 5.97 Å². The van der Waals surface area contributed by atoms with E-state index in [9.17, 15) is 4.79 Å². The lowest BCUT2D eigenvalue weighted by Crippen LogP contribution is -2.04. The highest BCUT2D eigenvalue weighted by atomic mass is 35.5. The third-order valence-corrected chi connectivity index (χ3v) is 4.13. The zero-order valence-electron chi connectivity index (χ0n) is 7.60. The van der Waals surface area contributed by atoms with Gasteiger partial charge in [0.25, 0.3) is 0 Å². The number of thioether (sulfide) groups is 1. The smallest absolute Gasteiger partial charge is 0.341 e. The van der Waals surface area contributed by atoms with Crippen LogP contribution in [0, 0.1) is 0 Å². The topological polar surface area (TPSA) is 26.3 Å². The maximum absolute atomic E-state index is 11.5. The summed E-state index contributed by atoms with van der Waals surface area (Å²) in [5.41, 5.74) is 0.385. The molecule has 0 aromatic carbocycles. The second-order valence-electron chi connectivity index (χ2n) is 2.28. The average molecular weight is 271 g/mol. The molecule has 0 aliphatic rings. The van der Waals surface area contributed by atoms with E-state index in [4.69, 9.17) is 27.9 Å². The van der Waals surface area contributed by atoms with Gasteiger partial charge in [-0.05, 0) is 13.2 Å². The van der Waals surface area contributed by atoms with Gasteiger partial charge in [-0.1, -0.05) is 23.2 Å². The SMILES string of the molecule is CCOC(=O)c1c(Cl)sc(Cl)c1SC. The molecule has 0 unspecified atom stereocenters. The molecule has 6 heteroatoms. The second kappa shape index (κ2) is 5.26. The fraction of sp³-hybridized carbons (Fsp3) is 0.375. The second-order valence-corrected chi connectivity index (χ2v) is 5.32. The Hall–Kier alpha value is 0.1000. The zero-order valence-corrected chi connectivity index (χ0v) is 10.7. The number of hydrogen-bond donors (Lipinski definition) is 0. The number of halogens is 2. The lowest BCUT2D eigenvalue weighted by Gasteiger charge is -2.02. The number of esters is 1. The standard InChI is InChI=1S/C8H8Cl2O2S2/c1-3-12-8(11)4-5(13-2)7(10)14-6(4)9/h3H2,1-2H3. The molecule has 0 saturated heterocycles. The van der Waals surface area contributed by atoms with Gasteiger partial charge in [-0.25, -0.2) is 4.79 Å². The van der Waals surface area contributed by atoms with Crippen LogP contribution in [0.2, 0.25) is 8.67 Å². The highest BCUT2D eigenvalue weighted by Gasteiger charge is 2.22. The molecule has 0 amide bonds. The predicted molar refractivity (Wildman–Crippen MR) is 62.1 cm³/mol. The Kier molecular flexibility index (Phi) is 4.57. The molecule has 0 fully saturated rings. The van der Waals surface area contributed by atoms with Gasteiger partial charge in [-0.3, -0.25) is 0 Å². The number of carbonyl (C=O) groups is 1. The van der Waals surface area contributed by atoms with Crippen molar-refractivity contribution in [1.29, 1.82) is 0 Å². The highest BCUT2D eigenvalue weighted by Crippen LogP contribution is 2.41. The van der Waals surface area contributed by atoms with Crippen molar-refractivity contribution in [1.82, 2.24) is 0 Å².